The van der Waals surface area contributed by atoms with Gasteiger partial charge >= 0.3 is 5.97 Å². The second-order valence-corrected chi connectivity index (χ2v) is 4.13. The lowest BCUT2D eigenvalue weighted by Gasteiger charge is -2.11. The van der Waals surface area contributed by atoms with Crippen molar-refractivity contribution in [2.75, 3.05) is 18.9 Å². The molecule has 0 aromatic heterocycles. The number of benzene rings is 1. The maximum absolute atomic E-state index is 11.6. The second-order valence-electron chi connectivity index (χ2n) is 4.13. The van der Waals surface area contributed by atoms with E-state index in [1.807, 2.05) is 0 Å². The summed E-state index contributed by atoms with van der Waals surface area (Å²) in [6, 6.07) is 4.76. The number of anilines is 1. The number of ether oxygens (including phenoxy) is 2. The molecule has 0 spiro atoms. The smallest absolute Gasteiger partial charge is 0.338 e. The average Bonchev–Trinajstić information content (AvgIpc) is 2.30. The maximum Gasteiger partial charge on any atom is 0.338 e. The molecule has 100 valence electrons. The first-order chi connectivity index (χ1) is 8.54. The van der Waals surface area contributed by atoms with Gasteiger partial charge in [0.2, 0.25) is 0 Å². The lowest BCUT2D eigenvalue weighted by atomic mass is 10.2. The number of carbonyl (C=O) groups excluding carboxylic acids is 1. The molecule has 0 aliphatic heterocycles. The summed E-state index contributed by atoms with van der Waals surface area (Å²) in [5, 5.41) is 8.64. The number of rotatable bonds is 6. The van der Waals surface area contributed by atoms with E-state index >= 15 is 0 Å². The zero-order chi connectivity index (χ0) is 13.5. The predicted molar refractivity (Wildman–Crippen MR) is 68.6 cm³/mol. The van der Waals surface area contributed by atoms with Crippen LogP contribution < -0.4 is 10.5 Å². The van der Waals surface area contributed by atoms with Crippen molar-refractivity contribution in [1.29, 1.82) is 0 Å². The largest absolute Gasteiger partial charge is 0.491 e. The Labute approximate surface area is 107 Å². The number of esters is 1. The summed E-state index contributed by atoms with van der Waals surface area (Å²) in [6.45, 7) is 4.02. The summed E-state index contributed by atoms with van der Waals surface area (Å²) in [4.78, 5) is 11.6. The van der Waals surface area contributed by atoms with Gasteiger partial charge in [0.25, 0.3) is 0 Å². The molecule has 1 rings (SSSR count). The number of aliphatic hydroxyl groups excluding tert-OH is 1. The SMILES string of the molecule is CC(C)OC(=O)c1ccc(OCCCO)c(N)c1. The van der Waals surface area contributed by atoms with Gasteiger partial charge in [0.1, 0.15) is 5.75 Å². The van der Waals surface area contributed by atoms with Crippen molar-refractivity contribution in [2.24, 2.45) is 0 Å². The predicted octanol–water partition coefficient (Wildman–Crippen LogP) is 1.60. The van der Waals surface area contributed by atoms with Gasteiger partial charge in [-0.2, -0.15) is 0 Å². The van der Waals surface area contributed by atoms with Crippen LogP contribution in [0.15, 0.2) is 18.2 Å². The third-order valence-corrected chi connectivity index (χ3v) is 2.15. The molecule has 0 radical (unpaired) electrons. The number of nitrogens with two attached hydrogens (primary N) is 1. The van der Waals surface area contributed by atoms with Gasteiger partial charge in [0.15, 0.2) is 0 Å². The van der Waals surface area contributed by atoms with Gasteiger partial charge in [-0.25, -0.2) is 4.79 Å². The summed E-state index contributed by atoms with van der Waals surface area (Å²) >= 11 is 0. The van der Waals surface area contributed by atoms with Crippen molar-refractivity contribution < 1.29 is 19.4 Å². The summed E-state index contributed by atoms with van der Waals surface area (Å²) in [6.07, 6.45) is 0.371. The van der Waals surface area contributed by atoms with E-state index in [1.54, 1.807) is 26.0 Å². The first kappa shape index (κ1) is 14.3. The van der Waals surface area contributed by atoms with Crippen molar-refractivity contribution in [2.45, 2.75) is 26.4 Å². The van der Waals surface area contributed by atoms with Crippen molar-refractivity contribution in [3.05, 3.63) is 23.8 Å². The van der Waals surface area contributed by atoms with Gasteiger partial charge in [-0.05, 0) is 32.0 Å². The molecule has 0 amide bonds. The topological polar surface area (TPSA) is 81.8 Å². The fourth-order valence-corrected chi connectivity index (χ4v) is 1.34. The Morgan fingerprint density at radius 1 is 1.44 bits per heavy atom. The normalized spacial score (nSPS) is 10.4. The highest BCUT2D eigenvalue weighted by atomic mass is 16.5. The Hall–Kier alpha value is -1.75. The van der Waals surface area contributed by atoms with Crippen molar-refractivity contribution in [3.8, 4) is 5.75 Å². The number of nitrogen functional groups attached to an aromatic ring is 1. The van der Waals surface area contributed by atoms with Crippen molar-refractivity contribution in [3.63, 3.8) is 0 Å². The standard InChI is InChI=1S/C13H19NO4/c1-9(2)18-13(16)10-4-5-12(11(14)8-10)17-7-3-6-15/h4-5,8-9,15H,3,6-7,14H2,1-2H3. The molecule has 0 saturated carbocycles. The highest BCUT2D eigenvalue weighted by Gasteiger charge is 2.11. The zero-order valence-corrected chi connectivity index (χ0v) is 10.7. The Morgan fingerprint density at radius 3 is 2.72 bits per heavy atom. The molecular formula is C13H19NO4. The first-order valence-corrected chi connectivity index (χ1v) is 5.88. The Kier molecular flexibility index (Phi) is 5.45. The van der Waals surface area contributed by atoms with Gasteiger partial charge in [0, 0.05) is 13.0 Å². The average molecular weight is 253 g/mol. The molecule has 0 unspecified atom stereocenters. The molecule has 0 aliphatic carbocycles. The first-order valence-electron chi connectivity index (χ1n) is 5.88. The summed E-state index contributed by atoms with van der Waals surface area (Å²) in [5.74, 6) is 0.100. The molecule has 18 heavy (non-hydrogen) atoms. The van der Waals surface area contributed by atoms with E-state index < -0.39 is 5.97 Å². The van der Waals surface area contributed by atoms with Gasteiger partial charge < -0.3 is 20.3 Å². The fourth-order valence-electron chi connectivity index (χ4n) is 1.34. The molecule has 3 N–H and O–H groups in total. The Bertz CT molecular complexity index is 404. The van der Waals surface area contributed by atoms with E-state index in [9.17, 15) is 4.79 Å². The van der Waals surface area contributed by atoms with E-state index in [4.69, 9.17) is 20.3 Å². The van der Waals surface area contributed by atoms with Gasteiger partial charge in [-0.15, -0.1) is 0 Å². The molecule has 0 heterocycles. The monoisotopic (exact) mass is 253 g/mol. The molecular weight excluding hydrogens is 234 g/mol. The van der Waals surface area contributed by atoms with Crippen LogP contribution in [-0.2, 0) is 4.74 Å². The molecule has 1 aromatic carbocycles. The summed E-state index contributed by atoms with van der Waals surface area (Å²) in [5.41, 5.74) is 6.56. The Balaban J connectivity index is 2.69. The third-order valence-electron chi connectivity index (χ3n) is 2.15. The van der Waals surface area contributed by atoms with Crippen LogP contribution in [0.1, 0.15) is 30.6 Å². The summed E-state index contributed by atoms with van der Waals surface area (Å²) in [7, 11) is 0. The van der Waals surface area contributed by atoms with Crippen LogP contribution in [0.5, 0.6) is 5.75 Å². The minimum absolute atomic E-state index is 0.0682. The number of hydrogen-bond donors (Lipinski definition) is 2. The van der Waals surface area contributed by atoms with E-state index in [0.29, 0.717) is 30.0 Å². The number of hydrogen-bond acceptors (Lipinski definition) is 5. The molecule has 0 fully saturated rings. The van der Waals surface area contributed by atoms with Crippen LogP contribution in [0.3, 0.4) is 0 Å². The molecule has 1 aromatic rings. The lowest BCUT2D eigenvalue weighted by molar-refractivity contribution is 0.0378. The van der Waals surface area contributed by atoms with Crippen LogP contribution >= 0.6 is 0 Å². The van der Waals surface area contributed by atoms with E-state index in [0.717, 1.165) is 0 Å². The van der Waals surface area contributed by atoms with Crippen LogP contribution in [0.25, 0.3) is 0 Å². The fraction of sp³-hybridized carbons (Fsp3) is 0.462. The van der Waals surface area contributed by atoms with E-state index in [1.165, 1.54) is 6.07 Å². The van der Waals surface area contributed by atoms with Crippen LogP contribution in [-0.4, -0.2) is 30.4 Å². The third kappa shape index (κ3) is 4.25. The van der Waals surface area contributed by atoms with Crippen LogP contribution in [0.2, 0.25) is 0 Å². The molecule has 5 heteroatoms. The van der Waals surface area contributed by atoms with Gasteiger partial charge in [0.05, 0.1) is 24.0 Å². The minimum Gasteiger partial charge on any atom is -0.491 e. The summed E-state index contributed by atoms with van der Waals surface area (Å²) < 4.78 is 10.4. The van der Waals surface area contributed by atoms with Crippen LogP contribution in [0, 0.1) is 0 Å². The lowest BCUT2D eigenvalue weighted by Crippen LogP contribution is -2.12. The van der Waals surface area contributed by atoms with E-state index in [-0.39, 0.29) is 12.7 Å². The number of aliphatic hydroxyl groups is 1. The zero-order valence-electron chi connectivity index (χ0n) is 10.7. The quantitative estimate of drug-likeness (QED) is 0.457. The van der Waals surface area contributed by atoms with Gasteiger partial charge in [-0.3, -0.25) is 0 Å². The minimum atomic E-state index is -0.404. The molecule has 0 saturated heterocycles. The molecule has 0 atom stereocenters. The second kappa shape index (κ2) is 6.86. The molecule has 0 bridgehead atoms. The maximum atomic E-state index is 11.6. The highest BCUT2D eigenvalue weighted by molar-refractivity contribution is 5.91. The van der Waals surface area contributed by atoms with E-state index in [2.05, 4.69) is 0 Å². The van der Waals surface area contributed by atoms with Crippen molar-refractivity contribution >= 4 is 11.7 Å². The number of carbonyl (C=O) groups is 1. The Morgan fingerprint density at radius 2 is 2.17 bits per heavy atom. The molecule has 5 nitrogen and oxygen atoms in total. The highest BCUT2D eigenvalue weighted by Crippen LogP contribution is 2.23. The van der Waals surface area contributed by atoms with Crippen molar-refractivity contribution in [1.82, 2.24) is 0 Å². The molecule has 0 aliphatic rings. The van der Waals surface area contributed by atoms with Gasteiger partial charge in [-0.1, -0.05) is 0 Å². The van der Waals surface area contributed by atoms with Crippen LogP contribution in [0.4, 0.5) is 5.69 Å².